The molecule has 21 heavy (non-hydrogen) atoms. The zero-order chi connectivity index (χ0) is 15.6. The van der Waals surface area contributed by atoms with Crippen molar-refractivity contribution in [2.45, 2.75) is 13.3 Å². The molecule has 0 spiro atoms. The molecule has 2 N–H and O–H groups in total. The van der Waals surface area contributed by atoms with Crippen molar-refractivity contribution in [2.75, 3.05) is 22.1 Å². The van der Waals surface area contributed by atoms with E-state index in [1.54, 1.807) is 12.1 Å². The van der Waals surface area contributed by atoms with Gasteiger partial charge in [-0.2, -0.15) is 0 Å². The van der Waals surface area contributed by atoms with Crippen LogP contribution in [-0.2, 0) is 19.4 Å². The van der Waals surface area contributed by atoms with Crippen LogP contribution in [0.1, 0.15) is 13.3 Å². The van der Waals surface area contributed by atoms with Crippen LogP contribution >= 0.6 is 11.6 Å². The molecule has 1 atom stereocenters. The van der Waals surface area contributed by atoms with Crippen LogP contribution in [0.2, 0.25) is 5.02 Å². The molecule has 0 aromatic heterocycles. The van der Waals surface area contributed by atoms with Crippen molar-refractivity contribution in [2.24, 2.45) is 5.92 Å². The number of amides is 2. The average Bonchev–Trinajstić information content (AvgIpc) is 2.73. The highest BCUT2D eigenvalue weighted by atomic mass is 35.5. The Balaban J connectivity index is 2.05. The van der Waals surface area contributed by atoms with Gasteiger partial charge in [-0.1, -0.05) is 11.6 Å². The van der Waals surface area contributed by atoms with Crippen molar-refractivity contribution >= 4 is 44.6 Å². The Hall–Kier alpha value is -1.60. The van der Waals surface area contributed by atoms with Crippen molar-refractivity contribution in [1.82, 2.24) is 0 Å². The maximum atomic E-state index is 12.0. The largest absolute Gasteiger partial charge is 0.326 e. The number of halogens is 1. The molecule has 1 aliphatic heterocycles. The highest BCUT2D eigenvalue weighted by Gasteiger charge is 2.32. The fourth-order valence-corrected chi connectivity index (χ4v) is 4.10. The summed E-state index contributed by atoms with van der Waals surface area (Å²) < 4.78 is 22.7. The van der Waals surface area contributed by atoms with Crippen LogP contribution in [0.4, 0.5) is 11.4 Å². The fraction of sp³-hybridized carbons (Fsp3) is 0.385. The van der Waals surface area contributed by atoms with Crippen molar-refractivity contribution in [3.8, 4) is 0 Å². The van der Waals surface area contributed by atoms with E-state index in [0.29, 0.717) is 22.8 Å². The molecule has 8 heteroatoms. The molecule has 0 bridgehead atoms. The van der Waals surface area contributed by atoms with Crippen LogP contribution in [0.25, 0.3) is 0 Å². The summed E-state index contributed by atoms with van der Waals surface area (Å²) in [6.07, 6.45) is 0.339. The van der Waals surface area contributed by atoms with Gasteiger partial charge in [-0.05, 0) is 24.6 Å². The summed E-state index contributed by atoms with van der Waals surface area (Å²) >= 11 is 6.00. The third-order valence-corrected chi connectivity index (χ3v) is 5.23. The summed E-state index contributed by atoms with van der Waals surface area (Å²) in [5.41, 5.74) is 0.911. The van der Waals surface area contributed by atoms with Gasteiger partial charge in [0.2, 0.25) is 11.8 Å². The number of nitrogens with one attached hydrogen (secondary N) is 2. The molecule has 0 aliphatic carbocycles. The number of sulfone groups is 1. The first kappa shape index (κ1) is 15.8. The maximum Gasteiger partial charge on any atom is 0.228 e. The molecule has 2 rings (SSSR count). The average molecular weight is 331 g/mol. The van der Waals surface area contributed by atoms with Gasteiger partial charge in [-0.15, -0.1) is 0 Å². The molecule has 1 unspecified atom stereocenters. The van der Waals surface area contributed by atoms with Crippen molar-refractivity contribution < 1.29 is 18.0 Å². The van der Waals surface area contributed by atoms with Crippen LogP contribution in [0.3, 0.4) is 0 Å². The van der Waals surface area contributed by atoms with Crippen LogP contribution in [-0.4, -0.2) is 31.7 Å². The Kier molecular flexibility index (Phi) is 4.53. The number of carbonyl (C=O) groups is 2. The van der Waals surface area contributed by atoms with E-state index in [1.165, 1.54) is 13.0 Å². The lowest BCUT2D eigenvalue weighted by atomic mass is 10.1. The number of benzene rings is 1. The lowest BCUT2D eigenvalue weighted by Gasteiger charge is -2.11. The molecule has 1 aliphatic rings. The smallest absolute Gasteiger partial charge is 0.228 e. The van der Waals surface area contributed by atoms with E-state index in [0.717, 1.165) is 0 Å². The molecular weight excluding hydrogens is 316 g/mol. The lowest BCUT2D eigenvalue weighted by molar-refractivity contribution is -0.119. The van der Waals surface area contributed by atoms with Crippen molar-refractivity contribution in [3.63, 3.8) is 0 Å². The predicted molar refractivity (Wildman–Crippen MR) is 81.1 cm³/mol. The minimum Gasteiger partial charge on any atom is -0.326 e. The second kappa shape index (κ2) is 6.03. The van der Waals surface area contributed by atoms with Gasteiger partial charge in [-0.3, -0.25) is 9.59 Å². The second-order valence-corrected chi connectivity index (χ2v) is 7.60. The Morgan fingerprint density at radius 3 is 2.52 bits per heavy atom. The first-order valence-corrected chi connectivity index (χ1v) is 8.55. The molecular formula is C13H15ClN2O4S. The topological polar surface area (TPSA) is 92.3 Å². The van der Waals surface area contributed by atoms with Crippen LogP contribution in [0, 0.1) is 5.92 Å². The SMILES string of the molecule is CC(=O)Nc1ccc(NC(=O)C2CCS(=O)(=O)C2)cc1Cl. The van der Waals surface area contributed by atoms with E-state index in [9.17, 15) is 18.0 Å². The maximum absolute atomic E-state index is 12.0. The minimum absolute atomic E-state index is 0.0489. The monoisotopic (exact) mass is 330 g/mol. The van der Waals surface area contributed by atoms with Crippen molar-refractivity contribution in [3.05, 3.63) is 23.2 Å². The van der Waals surface area contributed by atoms with Gasteiger partial charge < -0.3 is 10.6 Å². The summed E-state index contributed by atoms with van der Waals surface area (Å²) in [6.45, 7) is 1.37. The first-order valence-electron chi connectivity index (χ1n) is 6.35. The van der Waals surface area contributed by atoms with Gasteiger partial charge in [0.15, 0.2) is 9.84 Å². The van der Waals surface area contributed by atoms with Crippen LogP contribution in [0.5, 0.6) is 0 Å². The Labute approximate surface area is 127 Å². The molecule has 2 amide bonds. The molecule has 0 radical (unpaired) electrons. The summed E-state index contributed by atoms with van der Waals surface area (Å²) in [5.74, 6) is -1.17. The van der Waals surface area contributed by atoms with E-state index in [4.69, 9.17) is 11.6 Å². The number of rotatable bonds is 3. The highest BCUT2D eigenvalue weighted by Crippen LogP contribution is 2.26. The number of hydrogen-bond donors (Lipinski definition) is 2. The Morgan fingerprint density at radius 1 is 1.29 bits per heavy atom. The van der Waals surface area contributed by atoms with Crippen molar-refractivity contribution in [1.29, 1.82) is 0 Å². The van der Waals surface area contributed by atoms with E-state index in [2.05, 4.69) is 10.6 Å². The summed E-state index contributed by atoms with van der Waals surface area (Å²) in [5, 5.41) is 5.49. The molecule has 1 aromatic carbocycles. The van der Waals surface area contributed by atoms with E-state index < -0.39 is 15.8 Å². The quantitative estimate of drug-likeness (QED) is 0.881. The fourth-order valence-electron chi connectivity index (χ4n) is 2.13. The molecule has 1 aromatic rings. The summed E-state index contributed by atoms with van der Waals surface area (Å²) in [7, 11) is -3.10. The zero-order valence-corrected chi connectivity index (χ0v) is 12.9. The van der Waals surface area contributed by atoms with E-state index in [1.807, 2.05) is 0 Å². The molecule has 1 saturated heterocycles. The summed E-state index contributed by atoms with van der Waals surface area (Å²) in [6, 6.07) is 4.68. The van der Waals surface area contributed by atoms with Gasteiger partial charge in [0.1, 0.15) is 0 Å². The molecule has 114 valence electrons. The van der Waals surface area contributed by atoms with E-state index >= 15 is 0 Å². The normalized spacial score (nSPS) is 20.0. The zero-order valence-electron chi connectivity index (χ0n) is 11.3. The molecule has 6 nitrogen and oxygen atoms in total. The van der Waals surface area contributed by atoms with Gasteiger partial charge in [0, 0.05) is 12.6 Å². The van der Waals surface area contributed by atoms with Gasteiger partial charge >= 0.3 is 0 Å². The number of carbonyl (C=O) groups excluding carboxylic acids is 2. The molecule has 1 heterocycles. The molecule has 1 fully saturated rings. The predicted octanol–water partition coefficient (Wildman–Crippen LogP) is 1.67. The lowest BCUT2D eigenvalue weighted by Crippen LogP contribution is -2.23. The summed E-state index contributed by atoms with van der Waals surface area (Å²) in [4.78, 5) is 23.0. The standard InChI is InChI=1S/C13H15ClN2O4S/c1-8(17)15-12-3-2-10(6-11(12)14)16-13(18)9-4-5-21(19,20)7-9/h2-3,6,9H,4-5,7H2,1H3,(H,15,17)(H,16,18). The Morgan fingerprint density at radius 2 is 2.00 bits per heavy atom. The van der Waals surface area contributed by atoms with E-state index in [-0.39, 0.29) is 23.3 Å². The minimum atomic E-state index is -3.10. The molecule has 0 saturated carbocycles. The third-order valence-electron chi connectivity index (χ3n) is 3.15. The van der Waals surface area contributed by atoms with Gasteiger partial charge in [0.05, 0.1) is 28.1 Å². The number of anilines is 2. The second-order valence-electron chi connectivity index (χ2n) is 4.97. The third kappa shape index (κ3) is 4.18. The first-order chi connectivity index (χ1) is 9.77. The Bertz CT molecular complexity index is 687. The van der Waals surface area contributed by atoms with Crippen LogP contribution < -0.4 is 10.6 Å². The van der Waals surface area contributed by atoms with Gasteiger partial charge in [0.25, 0.3) is 0 Å². The van der Waals surface area contributed by atoms with Crippen LogP contribution in [0.15, 0.2) is 18.2 Å². The highest BCUT2D eigenvalue weighted by molar-refractivity contribution is 7.91. The van der Waals surface area contributed by atoms with Gasteiger partial charge in [-0.25, -0.2) is 8.42 Å². The number of hydrogen-bond acceptors (Lipinski definition) is 4.